The van der Waals surface area contributed by atoms with Crippen LogP contribution < -0.4 is 11.1 Å². The largest absolute Gasteiger partial charge is 0.508 e. The van der Waals surface area contributed by atoms with Crippen molar-refractivity contribution in [1.82, 2.24) is 0 Å². The minimum Gasteiger partial charge on any atom is -0.508 e. The highest BCUT2D eigenvalue weighted by Crippen LogP contribution is 2.39. The van der Waals surface area contributed by atoms with E-state index in [1.165, 1.54) is 19.2 Å². The molecular weight excluding hydrogens is 504 g/mol. The van der Waals surface area contributed by atoms with Crippen LogP contribution in [0.2, 0.25) is 0 Å². The van der Waals surface area contributed by atoms with Crippen molar-refractivity contribution in [3.05, 3.63) is 53.1 Å². The van der Waals surface area contributed by atoms with Crippen LogP contribution in [0.25, 0.3) is 0 Å². The number of carbonyl (C=O) groups is 1. The molecule has 218 valence electrons. The summed E-state index contributed by atoms with van der Waals surface area (Å²) in [6.07, 6.45) is 5.02. The molecule has 0 aliphatic carbocycles. The molecule has 6 unspecified atom stereocenters. The van der Waals surface area contributed by atoms with Crippen LogP contribution in [0.4, 0.5) is 10.5 Å². The summed E-state index contributed by atoms with van der Waals surface area (Å²) >= 11 is 0. The van der Waals surface area contributed by atoms with Gasteiger partial charge in [-0.05, 0) is 38.3 Å². The molecular formula is C29H44N2O8. The Balaban J connectivity index is 2.59. The van der Waals surface area contributed by atoms with Gasteiger partial charge in [0.05, 0.1) is 24.0 Å². The number of carbonyl (C=O) groups excluding carboxylic acids is 1. The number of ether oxygens (including phenoxy) is 5. The number of hydrogen-bond donors (Lipinski definition) is 4. The summed E-state index contributed by atoms with van der Waals surface area (Å²) in [5.74, 6) is -0.123. The Kier molecular flexibility index (Phi) is 12.8. The Bertz CT molecular complexity index is 1040. The van der Waals surface area contributed by atoms with E-state index in [4.69, 9.17) is 29.4 Å². The van der Waals surface area contributed by atoms with Gasteiger partial charge in [0, 0.05) is 52.5 Å². The number of methoxy groups -OCH3 is 4. The Morgan fingerprint density at radius 1 is 1.03 bits per heavy atom. The molecule has 0 saturated carbocycles. The molecule has 0 saturated heterocycles. The van der Waals surface area contributed by atoms with Crippen LogP contribution in [0.15, 0.2) is 47.6 Å². The average molecular weight is 549 g/mol. The molecule has 0 fully saturated rings. The van der Waals surface area contributed by atoms with Crippen molar-refractivity contribution >= 4 is 11.8 Å². The Morgan fingerprint density at radius 3 is 2.33 bits per heavy atom. The molecule has 1 heterocycles. The number of nitrogens with two attached hydrogens (primary N) is 1. The summed E-state index contributed by atoms with van der Waals surface area (Å²) in [7, 11) is 6.33. The highest BCUT2D eigenvalue weighted by atomic mass is 16.6. The Labute approximate surface area is 231 Å². The van der Waals surface area contributed by atoms with Crippen molar-refractivity contribution in [3.63, 3.8) is 0 Å². The summed E-state index contributed by atoms with van der Waals surface area (Å²) < 4.78 is 28.5. The van der Waals surface area contributed by atoms with E-state index < -0.39 is 24.4 Å². The third-order valence-electron chi connectivity index (χ3n) is 6.96. The number of allylic oxidation sites excluding steroid dienone is 2. The summed E-state index contributed by atoms with van der Waals surface area (Å²) in [5, 5.41) is 24.6. The first-order valence-electron chi connectivity index (χ1n) is 12.9. The van der Waals surface area contributed by atoms with E-state index >= 15 is 0 Å². The fraction of sp³-hybridized carbons (Fsp3) is 0.552. The molecule has 1 aliphatic heterocycles. The lowest BCUT2D eigenvalue weighted by atomic mass is 9.91. The van der Waals surface area contributed by atoms with Gasteiger partial charge in [0.1, 0.15) is 17.6 Å². The molecule has 1 aromatic carbocycles. The lowest BCUT2D eigenvalue weighted by molar-refractivity contribution is -0.0623. The van der Waals surface area contributed by atoms with Gasteiger partial charge in [-0.3, -0.25) is 0 Å². The monoisotopic (exact) mass is 548 g/mol. The van der Waals surface area contributed by atoms with Gasteiger partial charge < -0.3 is 44.9 Å². The number of fused-ring (bicyclic) bond motifs is 2. The maximum Gasteiger partial charge on any atom is 0.405 e. The molecule has 1 aromatic rings. The highest BCUT2D eigenvalue weighted by molar-refractivity contribution is 5.65. The summed E-state index contributed by atoms with van der Waals surface area (Å²) in [6, 6.07) is 2.98. The molecule has 2 rings (SSSR count). The first-order valence-corrected chi connectivity index (χ1v) is 12.9. The number of phenols is 2. The number of benzene rings is 1. The van der Waals surface area contributed by atoms with Crippen molar-refractivity contribution in [1.29, 1.82) is 0 Å². The summed E-state index contributed by atoms with van der Waals surface area (Å²) in [6.45, 7) is 6.16. The number of phenolic OH excluding ortho intramolecular Hbond substituents is 2. The molecule has 10 nitrogen and oxygen atoms in total. The zero-order valence-electron chi connectivity index (χ0n) is 24.0. The van der Waals surface area contributed by atoms with Crippen LogP contribution in [0.5, 0.6) is 11.5 Å². The fourth-order valence-corrected chi connectivity index (χ4v) is 4.93. The summed E-state index contributed by atoms with van der Waals surface area (Å²) in [4.78, 5) is 11.8. The van der Waals surface area contributed by atoms with Crippen LogP contribution in [-0.4, -0.2) is 75.7 Å². The quantitative estimate of drug-likeness (QED) is 0.236. The van der Waals surface area contributed by atoms with Crippen LogP contribution in [0, 0.1) is 5.92 Å². The predicted octanol–water partition coefficient (Wildman–Crippen LogP) is 4.58. The SMILES string of the molecule is COC1CCC(OC)C(OC)C(C)/C=C(\C)C(OC(N)=O)C(OC)/C=C\C=C(/C)CNc2cc(O)cc1c2O. The molecule has 5 N–H and O–H groups in total. The van der Waals surface area contributed by atoms with E-state index in [1.807, 2.05) is 32.9 Å². The smallest absolute Gasteiger partial charge is 0.405 e. The highest BCUT2D eigenvalue weighted by Gasteiger charge is 2.30. The second kappa shape index (κ2) is 15.5. The normalized spacial score (nSPS) is 30.7. The molecule has 0 aromatic heterocycles. The molecule has 6 atom stereocenters. The van der Waals surface area contributed by atoms with E-state index in [1.54, 1.807) is 33.5 Å². The molecule has 1 amide bonds. The molecule has 0 radical (unpaired) electrons. The standard InChI is InChI=1S/C29H44N2O8/c1-17-9-8-10-24(36-5)28(39-29(30)34)19(3)13-18(2)27(38-7)25(37-6)12-11-23(35-4)21-14-20(32)15-22(26(21)33)31-16-17/h8-10,13-15,18,23-25,27-28,31-33H,11-12,16H2,1-7H3,(H2,30,34)/b10-8-,17-9+,19-13+. The summed E-state index contributed by atoms with van der Waals surface area (Å²) in [5.41, 5.74) is 7.94. The third-order valence-corrected chi connectivity index (χ3v) is 6.96. The van der Waals surface area contributed by atoms with E-state index in [0.29, 0.717) is 30.6 Å². The number of rotatable bonds is 5. The van der Waals surface area contributed by atoms with E-state index in [0.717, 1.165) is 11.1 Å². The minimum atomic E-state index is -0.904. The number of anilines is 1. The first-order chi connectivity index (χ1) is 18.6. The second-order valence-electron chi connectivity index (χ2n) is 9.79. The van der Waals surface area contributed by atoms with Crippen molar-refractivity contribution in [2.75, 3.05) is 40.3 Å². The van der Waals surface area contributed by atoms with Crippen LogP contribution >= 0.6 is 0 Å². The Hall–Kier alpha value is -3.05. The maximum absolute atomic E-state index is 11.8. The van der Waals surface area contributed by atoms with Crippen molar-refractivity contribution in [2.45, 2.75) is 64.1 Å². The molecule has 39 heavy (non-hydrogen) atoms. The molecule has 0 spiro atoms. The van der Waals surface area contributed by atoms with Gasteiger partial charge in [-0.1, -0.05) is 36.8 Å². The van der Waals surface area contributed by atoms with Crippen molar-refractivity contribution in [3.8, 4) is 11.5 Å². The second-order valence-corrected chi connectivity index (χ2v) is 9.79. The maximum atomic E-state index is 11.8. The first kappa shape index (κ1) is 32.2. The molecule has 2 bridgehead atoms. The lowest BCUT2D eigenvalue weighted by Crippen LogP contribution is -2.37. The topological polar surface area (TPSA) is 142 Å². The van der Waals surface area contributed by atoms with Crippen LogP contribution in [-0.2, 0) is 23.7 Å². The predicted molar refractivity (Wildman–Crippen MR) is 150 cm³/mol. The average Bonchev–Trinajstić information content (AvgIpc) is 2.89. The molecule has 1 aliphatic rings. The van der Waals surface area contributed by atoms with Gasteiger partial charge in [0.25, 0.3) is 0 Å². The fourth-order valence-electron chi connectivity index (χ4n) is 4.93. The number of primary amides is 1. The van der Waals surface area contributed by atoms with Crippen LogP contribution in [0.1, 0.15) is 45.3 Å². The van der Waals surface area contributed by atoms with Gasteiger partial charge in [-0.2, -0.15) is 0 Å². The lowest BCUT2D eigenvalue weighted by Gasteiger charge is -2.31. The van der Waals surface area contributed by atoms with E-state index in [-0.39, 0.29) is 29.6 Å². The van der Waals surface area contributed by atoms with Gasteiger partial charge in [-0.15, -0.1) is 0 Å². The number of nitrogens with one attached hydrogen (secondary N) is 1. The number of aromatic hydroxyl groups is 2. The van der Waals surface area contributed by atoms with Crippen LogP contribution in [0.3, 0.4) is 0 Å². The van der Waals surface area contributed by atoms with Gasteiger partial charge in [0.15, 0.2) is 6.10 Å². The van der Waals surface area contributed by atoms with Gasteiger partial charge in [-0.25, -0.2) is 4.79 Å². The molecule has 10 heteroatoms. The van der Waals surface area contributed by atoms with Crippen molar-refractivity contribution in [2.24, 2.45) is 11.7 Å². The number of amides is 1. The van der Waals surface area contributed by atoms with E-state index in [2.05, 4.69) is 5.32 Å². The van der Waals surface area contributed by atoms with E-state index in [9.17, 15) is 15.0 Å². The van der Waals surface area contributed by atoms with Gasteiger partial charge >= 0.3 is 6.09 Å². The van der Waals surface area contributed by atoms with Gasteiger partial charge in [0.2, 0.25) is 0 Å². The van der Waals surface area contributed by atoms with Crippen molar-refractivity contribution < 1.29 is 38.7 Å². The zero-order chi connectivity index (χ0) is 29.1. The minimum absolute atomic E-state index is 0.00972. The Morgan fingerprint density at radius 2 is 1.74 bits per heavy atom. The zero-order valence-corrected chi connectivity index (χ0v) is 24.0. The number of hydrogen-bond acceptors (Lipinski definition) is 9. The third kappa shape index (κ3) is 8.99.